The zero-order chi connectivity index (χ0) is 20.3. The number of carboxylic acids is 1. The number of carboxylic acid groups (broad SMARTS) is 1. The highest BCUT2D eigenvalue weighted by molar-refractivity contribution is 7.92. The summed E-state index contributed by atoms with van der Waals surface area (Å²) in [6.07, 6.45) is 0. The summed E-state index contributed by atoms with van der Waals surface area (Å²) in [5.74, 6) is -1.17. The zero-order valence-corrected chi connectivity index (χ0v) is 16.9. The highest BCUT2D eigenvalue weighted by atomic mass is 32.2. The predicted octanol–water partition coefficient (Wildman–Crippen LogP) is 2.64. The summed E-state index contributed by atoms with van der Waals surface area (Å²) in [5.41, 5.74) is 1.72. The van der Waals surface area contributed by atoms with Gasteiger partial charge in [0.15, 0.2) is 0 Å². The van der Waals surface area contributed by atoms with E-state index in [9.17, 15) is 18.3 Å². The van der Waals surface area contributed by atoms with E-state index < -0.39 is 16.0 Å². The van der Waals surface area contributed by atoms with E-state index in [1.165, 1.54) is 24.3 Å². The van der Waals surface area contributed by atoms with Gasteiger partial charge in [-0.25, -0.2) is 13.2 Å². The molecule has 1 heterocycles. The van der Waals surface area contributed by atoms with E-state index in [0.717, 1.165) is 44.0 Å². The van der Waals surface area contributed by atoms with Gasteiger partial charge in [-0.3, -0.25) is 4.72 Å². The van der Waals surface area contributed by atoms with Crippen molar-refractivity contribution in [3.8, 4) is 0 Å². The van der Waals surface area contributed by atoms with Crippen molar-refractivity contribution in [3.05, 3.63) is 53.6 Å². The van der Waals surface area contributed by atoms with Gasteiger partial charge in [0.1, 0.15) is 0 Å². The largest absolute Gasteiger partial charge is 0.478 e. The van der Waals surface area contributed by atoms with Crippen LogP contribution in [-0.4, -0.2) is 57.1 Å². The molecule has 0 spiro atoms. The van der Waals surface area contributed by atoms with Crippen molar-refractivity contribution in [1.29, 1.82) is 0 Å². The van der Waals surface area contributed by atoms with Gasteiger partial charge in [0.2, 0.25) is 0 Å². The van der Waals surface area contributed by atoms with Crippen molar-refractivity contribution in [2.45, 2.75) is 18.7 Å². The first-order valence-corrected chi connectivity index (χ1v) is 10.7. The van der Waals surface area contributed by atoms with E-state index in [1.807, 2.05) is 6.92 Å². The molecule has 2 aromatic carbocycles. The van der Waals surface area contributed by atoms with Gasteiger partial charge in [-0.2, -0.15) is 0 Å². The lowest BCUT2D eigenvalue weighted by Gasteiger charge is -2.35. The maximum Gasteiger partial charge on any atom is 0.337 e. The monoisotopic (exact) mass is 403 g/mol. The van der Waals surface area contributed by atoms with Crippen molar-refractivity contribution in [1.82, 2.24) is 4.90 Å². The molecule has 2 aromatic rings. The van der Waals surface area contributed by atoms with Gasteiger partial charge in [0.25, 0.3) is 10.0 Å². The van der Waals surface area contributed by atoms with Crippen LogP contribution in [0.15, 0.2) is 47.4 Å². The van der Waals surface area contributed by atoms with E-state index in [2.05, 4.69) is 21.4 Å². The lowest BCUT2D eigenvalue weighted by Crippen LogP contribution is -2.46. The molecule has 0 saturated carbocycles. The van der Waals surface area contributed by atoms with E-state index in [1.54, 1.807) is 18.2 Å². The second-order valence-electron chi connectivity index (χ2n) is 6.87. The third-order valence-electron chi connectivity index (χ3n) is 4.99. The third kappa shape index (κ3) is 4.45. The first-order chi connectivity index (χ1) is 13.3. The van der Waals surface area contributed by atoms with Gasteiger partial charge in [-0.15, -0.1) is 0 Å². The Hall–Kier alpha value is -2.58. The summed E-state index contributed by atoms with van der Waals surface area (Å²) in [6, 6.07) is 11.2. The normalized spacial score (nSPS) is 15.4. The number of nitrogens with zero attached hydrogens (tertiary/aromatic N) is 2. The molecule has 0 atom stereocenters. The molecule has 0 unspecified atom stereocenters. The van der Waals surface area contributed by atoms with Crippen LogP contribution in [0.3, 0.4) is 0 Å². The Kier molecular flexibility index (Phi) is 5.90. The fourth-order valence-corrected chi connectivity index (χ4v) is 4.32. The van der Waals surface area contributed by atoms with Gasteiger partial charge in [0.05, 0.1) is 16.1 Å². The van der Waals surface area contributed by atoms with Crippen LogP contribution < -0.4 is 9.62 Å². The maximum atomic E-state index is 12.6. The number of anilines is 2. The lowest BCUT2D eigenvalue weighted by molar-refractivity contribution is 0.0698. The number of nitrogens with one attached hydrogen (secondary N) is 1. The molecule has 1 aliphatic heterocycles. The van der Waals surface area contributed by atoms with Crippen molar-refractivity contribution in [3.63, 3.8) is 0 Å². The molecular formula is C20H25N3O4S. The number of rotatable bonds is 6. The molecule has 0 radical (unpaired) electrons. The number of sulfonamides is 1. The summed E-state index contributed by atoms with van der Waals surface area (Å²) in [6.45, 7) is 8.43. The lowest BCUT2D eigenvalue weighted by atomic mass is 10.1. The van der Waals surface area contributed by atoms with Gasteiger partial charge < -0.3 is 14.9 Å². The Morgan fingerprint density at radius 1 is 1.07 bits per heavy atom. The van der Waals surface area contributed by atoms with E-state index >= 15 is 0 Å². The molecule has 0 aliphatic carbocycles. The van der Waals surface area contributed by atoms with Crippen molar-refractivity contribution in [2.75, 3.05) is 42.3 Å². The van der Waals surface area contributed by atoms with Crippen LogP contribution >= 0.6 is 0 Å². The minimum Gasteiger partial charge on any atom is -0.478 e. The molecule has 3 rings (SSSR count). The topological polar surface area (TPSA) is 90.0 Å². The Bertz CT molecular complexity index is 950. The highest BCUT2D eigenvalue weighted by Crippen LogP contribution is 2.26. The van der Waals surface area contributed by atoms with Crippen LogP contribution in [0, 0.1) is 6.92 Å². The van der Waals surface area contributed by atoms with Crippen LogP contribution in [0.2, 0.25) is 0 Å². The molecule has 28 heavy (non-hydrogen) atoms. The molecule has 0 amide bonds. The minimum absolute atomic E-state index is 0.0593. The second-order valence-corrected chi connectivity index (χ2v) is 8.56. The van der Waals surface area contributed by atoms with Gasteiger partial charge in [-0.1, -0.05) is 24.6 Å². The number of piperazine rings is 1. The summed E-state index contributed by atoms with van der Waals surface area (Å²) in [5, 5.41) is 9.61. The number of aromatic carboxylic acids is 1. The zero-order valence-electron chi connectivity index (χ0n) is 16.1. The second kappa shape index (κ2) is 8.20. The molecule has 1 fully saturated rings. The molecule has 7 nitrogen and oxygen atoms in total. The SMILES string of the molecule is CCN1CCN(c2ccc(NS(=O)(=O)c3ccc(C)cc3)c(C(=O)O)c2)CC1. The maximum absolute atomic E-state index is 12.6. The molecule has 2 N–H and O–H groups in total. The van der Waals surface area contributed by atoms with Crippen molar-refractivity contribution >= 4 is 27.4 Å². The first kappa shape index (κ1) is 20.2. The molecule has 0 bridgehead atoms. The predicted molar refractivity (Wildman–Crippen MR) is 110 cm³/mol. The van der Waals surface area contributed by atoms with Crippen LogP contribution in [-0.2, 0) is 10.0 Å². The van der Waals surface area contributed by atoms with Crippen LogP contribution in [0.25, 0.3) is 0 Å². The van der Waals surface area contributed by atoms with E-state index in [-0.39, 0.29) is 16.1 Å². The number of likely N-dealkylation sites (N-methyl/N-ethyl adjacent to an activating group) is 1. The van der Waals surface area contributed by atoms with E-state index in [0.29, 0.717) is 0 Å². The Labute approximate surface area is 165 Å². The van der Waals surface area contributed by atoms with Gasteiger partial charge >= 0.3 is 5.97 Å². The van der Waals surface area contributed by atoms with E-state index in [4.69, 9.17) is 0 Å². The summed E-state index contributed by atoms with van der Waals surface area (Å²) >= 11 is 0. The molecular weight excluding hydrogens is 378 g/mol. The average molecular weight is 404 g/mol. The van der Waals surface area contributed by atoms with Gasteiger partial charge in [0, 0.05) is 31.9 Å². The number of hydrogen-bond acceptors (Lipinski definition) is 5. The fourth-order valence-electron chi connectivity index (χ4n) is 3.24. The smallest absolute Gasteiger partial charge is 0.337 e. The Balaban J connectivity index is 1.85. The molecule has 1 saturated heterocycles. The Morgan fingerprint density at radius 2 is 1.71 bits per heavy atom. The quantitative estimate of drug-likeness (QED) is 0.771. The summed E-state index contributed by atoms with van der Waals surface area (Å²) < 4.78 is 27.7. The molecule has 0 aromatic heterocycles. The summed E-state index contributed by atoms with van der Waals surface area (Å²) in [4.78, 5) is 16.3. The summed E-state index contributed by atoms with van der Waals surface area (Å²) in [7, 11) is -3.87. The molecule has 150 valence electrons. The van der Waals surface area contributed by atoms with Crippen molar-refractivity contribution < 1.29 is 18.3 Å². The number of carbonyl (C=O) groups is 1. The van der Waals surface area contributed by atoms with Crippen LogP contribution in [0.5, 0.6) is 0 Å². The number of hydrogen-bond donors (Lipinski definition) is 2. The van der Waals surface area contributed by atoms with Crippen molar-refractivity contribution in [2.24, 2.45) is 0 Å². The third-order valence-corrected chi connectivity index (χ3v) is 6.38. The highest BCUT2D eigenvalue weighted by Gasteiger charge is 2.21. The van der Waals surface area contributed by atoms with Gasteiger partial charge in [-0.05, 0) is 43.8 Å². The van der Waals surface area contributed by atoms with Crippen LogP contribution in [0.1, 0.15) is 22.8 Å². The molecule has 8 heteroatoms. The minimum atomic E-state index is -3.87. The van der Waals surface area contributed by atoms with Crippen LogP contribution in [0.4, 0.5) is 11.4 Å². The number of benzene rings is 2. The fraction of sp³-hybridized carbons (Fsp3) is 0.350. The molecule has 1 aliphatic rings. The Morgan fingerprint density at radius 3 is 2.29 bits per heavy atom. The standard InChI is InChI=1S/C20H25N3O4S/c1-3-22-10-12-23(13-11-22)16-6-9-19(18(14-16)20(24)25)21-28(26,27)17-7-4-15(2)5-8-17/h4-9,14,21H,3,10-13H2,1-2H3,(H,24,25). The number of aryl methyl sites for hydroxylation is 1. The average Bonchev–Trinajstić information content (AvgIpc) is 2.68. The first-order valence-electron chi connectivity index (χ1n) is 9.24.